The molecule has 1 aromatic rings. The van der Waals surface area contributed by atoms with Gasteiger partial charge in [0.05, 0.1) is 0 Å². The van der Waals surface area contributed by atoms with Gasteiger partial charge in [-0.2, -0.15) is 0 Å². The van der Waals surface area contributed by atoms with Gasteiger partial charge < -0.3 is 5.32 Å². The summed E-state index contributed by atoms with van der Waals surface area (Å²) in [6.07, 6.45) is 3.47. The minimum absolute atomic E-state index is 0.0672. The van der Waals surface area contributed by atoms with Gasteiger partial charge in [0, 0.05) is 24.7 Å². The van der Waals surface area contributed by atoms with Gasteiger partial charge in [0.15, 0.2) is 0 Å². The monoisotopic (exact) mass is 194 g/mol. The third-order valence-corrected chi connectivity index (χ3v) is 3.17. The fraction of sp³-hybridized carbons (Fsp3) is 0.333. The first-order chi connectivity index (χ1) is 6.38. The minimum atomic E-state index is -0.0672. The zero-order valence-corrected chi connectivity index (χ0v) is 7.88. The Morgan fingerprint density at radius 2 is 2.54 bits per heavy atom. The maximum absolute atomic E-state index is 11.4. The average Bonchev–Trinajstić information content (AvgIpc) is 2.20. The summed E-state index contributed by atoms with van der Waals surface area (Å²) in [5, 5.41) is 2.78. The molecule has 1 aromatic heterocycles. The highest BCUT2D eigenvalue weighted by Gasteiger charge is 2.23. The Morgan fingerprint density at radius 3 is 3.23 bits per heavy atom. The van der Waals surface area contributed by atoms with Crippen LogP contribution in [0, 0.1) is 0 Å². The van der Waals surface area contributed by atoms with Crippen molar-refractivity contribution in [1.82, 2.24) is 10.3 Å². The predicted molar refractivity (Wildman–Crippen MR) is 52.4 cm³/mol. The van der Waals surface area contributed by atoms with Crippen LogP contribution in [0.1, 0.15) is 10.8 Å². The second kappa shape index (κ2) is 3.79. The summed E-state index contributed by atoms with van der Waals surface area (Å²) in [5.74, 6) is 1.08. The number of rotatable bonds is 1. The van der Waals surface area contributed by atoms with Gasteiger partial charge in [0.1, 0.15) is 5.25 Å². The van der Waals surface area contributed by atoms with Crippen molar-refractivity contribution in [3.63, 3.8) is 0 Å². The third kappa shape index (κ3) is 1.83. The van der Waals surface area contributed by atoms with Crippen molar-refractivity contribution in [3.8, 4) is 0 Å². The highest BCUT2D eigenvalue weighted by molar-refractivity contribution is 8.00. The van der Waals surface area contributed by atoms with Crippen molar-refractivity contribution >= 4 is 17.7 Å². The van der Waals surface area contributed by atoms with Crippen LogP contribution in [0.25, 0.3) is 0 Å². The van der Waals surface area contributed by atoms with Crippen LogP contribution in [0.2, 0.25) is 0 Å². The first-order valence-electron chi connectivity index (χ1n) is 4.17. The largest absolute Gasteiger partial charge is 0.354 e. The molecule has 68 valence electrons. The number of nitrogens with zero attached hydrogens (tertiary/aromatic N) is 1. The molecule has 0 saturated carbocycles. The number of carbonyl (C=O) groups is 1. The van der Waals surface area contributed by atoms with Gasteiger partial charge in [-0.3, -0.25) is 9.78 Å². The summed E-state index contributed by atoms with van der Waals surface area (Å²) in [5.41, 5.74) is 0.990. The van der Waals surface area contributed by atoms with E-state index in [9.17, 15) is 4.79 Å². The van der Waals surface area contributed by atoms with E-state index >= 15 is 0 Å². The molecule has 1 aliphatic heterocycles. The standard InChI is InChI=1S/C9H10N2OS/c12-9-8(13-5-4-11-9)7-2-1-3-10-6-7/h1-3,6,8H,4-5H2,(H,11,12). The van der Waals surface area contributed by atoms with Crippen LogP contribution in [0.3, 0.4) is 0 Å². The summed E-state index contributed by atoms with van der Waals surface area (Å²) >= 11 is 1.67. The van der Waals surface area contributed by atoms with Crippen LogP contribution < -0.4 is 5.32 Å². The highest BCUT2D eigenvalue weighted by atomic mass is 32.2. The molecular formula is C9H10N2OS. The van der Waals surface area contributed by atoms with Crippen molar-refractivity contribution in [2.24, 2.45) is 0 Å². The fourth-order valence-corrected chi connectivity index (χ4v) is 2.32. The minimum Gasteiger partial charge on any atom is -0.354 e. The maximum Gasteiger partial charge on any atom is 0.237 e. The molecule has 0 radical (unpaired) electrons. The maximum atomic E-state index is 11.4. The van der Waals surface area contributed by atoms with Gasteiger partial charge in [-0.1, -0.05) is 6.07 Å². The molecule has 1 amide bonds. The Labute approximate surface area is 80.9 Å². The topological polar surface area (TPSA) is 42.0 Å². The summed E-state index contributed by atoms with van der Waals surface area (Å²) in [7, 11) is 0. The molecule has 1 saturated heterocycles. The number of carbonyl (C=O) groups excluding carboxylic acids is 1. The summed E-state index contributed by atoms with van der Waals surface area (Å²) in [4.78, 5) is 15.4. The molecule has 0 aliphatic carbocycles. The van der Waals surface area contributed by atoms with Gasteiger partial charge >= 0.3 is 0 Å². The normalized spacial score (nSPS) is 22.5. The Hall–Kier alpha value is -1.03. The second-order valence-corrected chi connectivity index (χ2v) is 4.04. The molecular weight excluding hydrogens is 184 g/mol. The summed E-state index contributed by atoms with van der Waals surface area (Å²) in [6, 6.07) is 3.80. The lowest BCUT2D eigenvalue weighted by Gasteiger charge is -2.21. The van der Waals surface area contributed by atoms with Crippen LogP contribution in [-0.2, 0) is 4.79 Å². The van der Waals surface area contributed by atoms with E-state index in [2.05, 4.69) is 10.3 Å². The summed E-state index contributed by atoms with van der Waals surface area (Å²) < 4.78 is 0. The average molecular weight is 194 g/mol. The van der Waals surface area contributed by atoms with Crippen LogP contribution in [-0.4, -0.2) is 23.2 Å². The third-order valence-electron chi connectivity index (χ3n) is 1.91. The van der Waals surface area contributed by atoms with E-state index in [1.54, 1.807) is 24.2 Å². The highest BCUT2D eigenvalue weighted by Crippen LogP contribution is 2.30. The molecule has 2 heterocycles. The molecule has 1 aliphatic rings. The quantitative estimate of drug-likeness (QED) is 0.724. The van der Waals surface area contributed by atoms with Gasteiger partial charge in [0.25, 0.3) is 0 Å². The van der Waals surface area contributed by atoms with Crippen LogP contribution >= 0.6 is 11.8 Å². The second-order valence-electron chi connectivity index (χ2n) is 2.83. The fourth-order valence-electron chi connectivity index (χ4n) is 1.30. The number of nitrogens with one attached hydrogen (secondary N) is 1. The van der Waals surface area contributed by atoms with E-state index in [-0.39, 0.29) is 11.2 Å². The van der Waals surface area contributed by atoms with Crippen LogP contribution in [0.15, 0.2) is 24.5 Å². The Bertz CT molecular complexity index is 302. The molecule has 0 aromatic carbocycles. The number of thioether (sulfide) groups is 1. The molecule has 0 bridgehead atoms. The molecule has 3 nitrogen and oxygen atoms in total. The van der Waals surface area contributed by atoms with Crippen molar-refractivity contribution in [2.75, 3.05) is 12.3 Å². The molecule has 13 heavy (non-hydrogen) atoms. The number of pyridine rings is 1. The SMILES string of the molecule is O=C1NCCSC1c1cccnc1. The molecule has 2 rings (SSSR count). The lowest BCUT2D eigenvalue weighted by atomic mass is 10.2. The molecule has 0 spiro atoms. The van der Waals surface area contributed by atoms with Crippen molar-refractivity contribution < 1.29 is 4.79 Å². The van der Waals surface area contributed by atoms with Gasteiger partial charge in [-0.05, 0) is 11.6 Å². The summed E-state index contributed by atoms with van der Waals surface area (Å²) in [6.45, 7) is 0.778. The zero-order valence-electron chi connectivity index (χ0n) is 7.06. The number of hydrogen-bond acceptors (Lipinski definition) is 3. The van der Waals surface area contributed by atoms with E-state index in [1.807, 2.05) is 12.1 Å². The predicted octanol–water partition coefficient (Wildman–Crippen LogP) is 0.986. The van der Waals surface area contributed by atoms with Crippen molar-refractivity contribution in [2.45, 2.75) is 5.25 Å². The Morgan fingerprint density at radius 1 is 1.62 bits per heavy atom. The Kier molecular flexibility index (Phi) is 2.49. The van der Waals surface area contributed by atoms with Crippen molar-refractivity contribution in [3.05, 3.63) is 30.1 Å². The van der Waals surface area contributed by atoms with Crippen LogP contribution in [0.4, 0.5) is 0 Å². The zero-order chi connectivity index (χ0) is 9.10. The molecule has 1 fully saturated rings. The van der Waals surface area contributed by atoms with E-state index in [0.717, 1.165) is 17.9 Å². The molecule has 1 unspecified atom stereocenters. The smallest absolute Gasteiger partial charge is 0.237 e. The number of amides is 1. The van der Waals surface area contributed by atoms with E-state index < -0.39 is 0 Å². The van der Waals surface area contributed by atoms with Gasteiger partial charge in [0.2, 0.25) is 5.91 Å². The van der Waals surface area contributed by atoms with E-state index in [1.165, 1.54) is 0 Å². The van der Waals surface area contributed by atoms with Gasteiger partial charge in [-0.25, -0.2) is 0 Å². The Balaban J connectivity index is 2.20. The first kappa shape index (κ1) is 8.56. The van der Waals surface area contributed by atoms with E-state index in [0.29, 0.717) is 0 Å². The first-order valence-corrected chi connectivity index (χ1v) is 5.22. The van der Waals surface area contributed by atoms with Crippen molar-refractivity contribution in [1.29, 1.82) is 0 Å². The van der Waals surface area contributed by atoms with E-state index in [4.69, 9.17) is 0 Å². The van der Waals surface area contributed by atoms with Crippen LogP contribution in [0.5, 0.6) is 0 Å². The number of aromatic nitrogens is 1. The molecule has 4 heteroatoms. The lowest BCUT2D eigenvalue weighted by molar-refractivity contribution is -0.120. The van der Waals surface area contributed by atoms with Gasteiger partial charge in [-0.15, -0.1) is 11.8 Å². The molecule has 1 atom stereocenters. The number of hydrogen-bond donors (Lipinski definition) is 1. The molecule has 1 N–H and O–H groups in total. The lowest BCUT2D eigenvalue weighted by Crippen LogP contribution is -2.34.